The van der Waals surface area contributed by atoms with Gasteiger partial charge in [0.05, 0.1) is 13.2 Å². The SMILES string of the molecule is CCOc1ccc(C(=O)Nc2ccc(C(=O)Nn3cnnc3)cc2)cc1OCC. The van der Waals surface area contributed by atoms with Gasteiger partial charge in [0.25, 0.3) is 11.8 Å². The highest BCUT2D eigenvalue weighted by atomic mass is 16.5. The van der Waals surface area contributed by atoms with Gasteiger partial charge in [-0.25, -0.2) is 4.68 Å². The van der Waals surface area contributed by atoms with Gasteiger partial charge >= 0.3 is 0 Å². The second-order valence-electron chi connectivity index (χ2n) is 5.87. The monoisotopic (exact) mass is 395 g/mol. The van der Waals surface area contributed by atoms with Crippen LogP contribution in [-0.4, -0.2) is 39.9 Å². The van der Waals surface area contributed by atoms with E-state index < -0.39 is 0 Å². The third kappa shape index (κ3) is 5.10. The summed E-state index contributed by atoms with van der Waals surface area (Å²) in [5.74, 6) is 0.489. The molecule has 1 heterocycles. The third-order valence-electron chi connectivity index (χ3n) is 3.86. The van der Waals surface area contributed by atoms with Crippen molar-refractivity contribution in [1.29, 1.82) is 0 Å². The van der Waals surface area contributed by atoms with Gasteiger partial charge in [0.1, 0.15) is 12.7 Å². The number of nitrogens with one attached hydrogen (secondary N) is 2. The lowest BCUT2D eigenvalue weighted by molar-refractivity contribution is 0.100. The number of amides is 2. The van der Waals surface area contributed by atoms with E-state index in [9.17, 15) is 9.59 Å². The summed E-state index contributed by atoms with van der Waals surface area (Å²) < 4.78 is 12.4. The summed E-state index contributed by atoms with van der Waals surface area (Å²) >= 11 is 0. The van der Waals surface area contributed by atoms with Gasteiger partial charge in [0, 0.05) is 16.8 Å². The van der Waals surface area contributed by atoms with Crippen LogP contribution in [0.4, 0.5) is 5.69 Å². The Morgan fingerprint density at radius 2 is 1.48 bits per heavy atom. The summed E-state index contributed by atoms with van der Waals surface area (Å²) in [6.07, 6.45) is 2.75. The van der Waals surface area contributed by atoms with E-state index in [1.165, 1.54) is 17.3 Å². The highest BCUT2D eigenvalue weighted by molar-refractivity contribution is 6.05. The van der Waals surface area contributed by atoms with E-state index in [1.807, 2.05) is 13.8 Å². The molecule has 0 saturated heterocycles. The van der Waals surface area contributed by atoms with Crippen molar-refractivity contribution in [3.8, 4) is 11.5 Å². The Hall–Kier alpha value is -3.88. The van der Waals surface area contributed by atoms with E-state index in [0.717, 1.165) is 0 Å². The Morgan fingerprint density at radius 1 is 0.862 bits per heavy atom. The summed E-state index contributed by atoms with van der Waals surface area (Å²) in [5.41, 5.74) is 4.02. The molecule has 0 aliphatic carbocycles. The second kappa shape index (κ2) is 9.36. The summed E-state index contributed by atoms with van der Waals surface area (Å²) in [4.78, 5) is 24.7. The third-order valence-corrected chi connectivity index (χ3v) is 3.86. The van der Waals surface area contributed by atoms with Crippen LogP contribution >= 0.6 is 0 Å². The molecular weight excluding hydrogens is 374 g/mol. The Morgan fingerprint density at radius 3 is 2.14 bits per heavy atom. The van der Waals surface area contributed by atoms with Crippen LogP contribution in [-0.2, 0) is 0 Å². The van der Waals surface area contributed by atoms with Gasteiger partial charge in [-0.1, -0.05) is 0 Å². The summed E-state index contributed by atoms with van der Waals surface area (Å²) in [6.45, 7) is 4.71. The second-order valence-corrected chi connectivity index (χ2v) is 5.87. The standard InChI is InChI=1S/C20H21N5O4/c1-3-28-17-10-7-15(11-18(17)29-4-2)19(26)23-16-8-5-14(6-9-16)20(27)24-25-12-21-22-13-25/h5-13H,3-4H2,1-2H3,(H,23,26)(H,24,27). The minimum Gasteiger partial charge on any atom is -0.490 e. The van der Waals surface area contributed by atoms with Crippen LogP contribution in [0.5, 0.6) is 11.5 Å². The van der Waals surface area contributed by atoms with Crippen molar-refractivity contribution in [2.45, 2.75) is 13.8 Å². The number of nitrogens with zero attached hydrogens (tertiary/aromatic N) is 3. The lowest BCUT2D eigenvalue weighted by Gasteiger charge is -2.12. The number of ether oxygens (including phenoxy) is 2. The Kier molecular flexibility index (Phi) is 6.41. The number of benzene rings is 2. The average molecular weight is 395 g/mol. The van der Waals surface area contributed by atoms with Gasteiger partial charge in [-0.05, 0) is 56.3 Å². The molecular formula is C20H21N5O4. The van der Waals surface area contributed by atoms with E-state index >= 15 is 0 Å². The molecule has 0 spiro atoms. The van der Waals surface area contributed by atoms with Gasteiger partial charge in [0.2, 0.25) is 0 Å². The first-order valence-electron chi connectivity index (χ1n) is 9.07. The molecule has 0 saturated carbocycles. The zero-order chi connectivity index (χ0) is 20.6. The molecule has 0 atom stereocenters. The molecule has 2 aromatic carbocycles. The molecule has 3 aromatic rings. The lowest BCUT2D eigenvalue weighted by Crippen LogP contribution is -2.21. The Labute approximate surface area is 167 Å². The maximum absolute atomic E-state index is 12.6. The first-order chi connectivity index (χ1) is 14.1. The quantitative estimate of drug-likeness (QED) is 0.607. The van der Waals surface area contributed by atoms with Gasteiger partial charge in [0.15, 0.2) is 11.5 Å². The summed E-state index contributed by atoms with van der Waals surface area (Å²) in [7, 11) is 0. The van der Waals surface area contributed by atoms with Crippen molar-refractivity contribution in [2.75, 3.05) is 24.0 Å². The number of carbonyl (C=O) groups excluding carboxylic acids is 2. The first-order valence-corrected chi connectivity index (χ1v) is 9.07. The smallest absolute Gasteiger partial charge is 0.270 e. The average Bonchev–Trinajstić information content (AvgIpc) is 3.23. The lowest BCUT2D eigenvalue weighted by atomic mass is 10.1. The van der Waals surface area contributed by atoms with Crippen LogP contribution in [0.3, 0.4) is 0 Å². The molecule has 9 heteroatoms. The van der Waals surface area contributed by atoms with Crippen molar-refractivity contribution in [3.05, 3.63) is 66.2 Å². The molecule has 150 valence electrons. The number of anilines is 1. The number of carbonyl (C=O) groups is 2. The van der Waals surface area contributed by atoms with Crippen molar-refractivity contribution in [1.82, 2.24) is 14.9 Å². The zero-order valence-corrected chi connectivity index (χ0v) is 16.1. The van der Waals surface area contributed by atoms with Crippen LogP contribution < -0.4 is 20.2 Å². The van der Waals surface area contributed by atoms with Gasteiger partial charge in [-0.15, -0.1) is 10.2 Å². The number of hydrogen-bond donors (Lipinski definition) is 2. The molecule has 0 aliphatic heterocycles. The van der Waals surface area contributed by atoms with Crippen molar-refractivity contribution in [2.24, 2.45) is 0 Å². The molecule has 29 heavy (non-hydrogen) atoms. The normalized spacial score (nSPS) is 10.3. The van der Waals surface area contributed by atoms with E-state index in [1.54, 1.807) is 42.5 Å². The van der Waals surface area contributed by atoms with Crippen LogP contribution in [0.25, 0.3) is 0 Å². The van der Waals surface area contributed by atoms with Gasteiger partial charge in [-0.2, -0.15) is 0 Å². The molecule has 2 amide bonds. The number of rotatable bonds is 8. The topological polar surface area (TPSA) is 107 Å². The predicted octanol–water partition coefficient (Wildman–Crippen LogP) is 2.71. The van der Waals surface area contributed by atoms with Crippen LogP contribution in [0, 0.1) is 0 Å². The van der Waals surface area contributed by atoms with Gasteiger partial charge < -0.3 is 14.8 Å². The van der Waals surface area contributed by atoms with Crippen LogP contribution in [0.1, 0.15) is 34.6 Å². The fraction of sp³-hybridized carbons (Fsp3) is 0.200. The van der Waals surface area contributed by atoms with Crippen molar-refractivity contribution in [3.63, 3.8) is 0 Å². The van der Waals surface area contributed by atoms with Crippen LogP contribution in [0.2, 0.25) is 0 Å². The van der Waals surface area contributed by atoms with Crippen molar-refractivity contribution < 1.29 is 19.1 Å². The van der Waals surface area contributed by atoms with Crippen LogP contribution in [0.15, 0.2) is 55.1 Å². The van der Waals surface area contributed by atoms with Crippen molar-refractivity contribution >= 4 is 17.5 Å². The first kappa shape index (κ1) is 19.9. The fourth-order valence-electron chi connectivity index (χ4n) is 2.54. The molecule has 0 radical (unpaired) electrons. The minimum atomic E-state index is -0.324. The molecule has 9 nitrogen and oxygen atoms in total. The van der Waals surface area contributed by atoms with E-state index in [2.05, 4.69) is 20.9 Å². The highest BCUT2D eigenvalue weighted by Gasteiger charge is 2.12. The molecule has 0 unspecified atom stereocenters. The number of hydrogen-bond acceptors (Lipinski definition) is 6. The number of aromatic nitrogens is 3. The molecule has 2 N–H and O–H groups in total. The molecule has 0 aliphatic rings. The minimum absolute atomic E-state index is 0.296. The predicted molar refractivity (Wildman–Crippen MR) is 107 cm³/mol. The van der Waals surface area contributed by atoms with E-state index in [4.69, 9.17) is 9.47 Å². The Bertz CT molecular complexity index is 971. The maximum Gasteiger partial charge on any atom is 0.270 e. The highest BCUT2D eigenvalue weighted by Crippen LogP contribution is 2.29. The molecule has 1 aromatic heterocycles. The summed E-state index contributed by atoms with van der Waals surface area (Å²) in [6, 6.07) is 11.5. The maximum atomic E-state index is 12.6. The van der Waals surface area contributed by atoms with Gasteiger partial charge in [-0.3, -0.25) is 15.0 Å². The largest absolute Gasteiger partial charge is 0.490 e. The van der Waals surface area contributed by atoms with E-state index in [0.29, 0.717) is 41.5 Å². The fourth-order valence-corrected chi connectivity index (χ4v) is 2.54. The molecule has 0 bridgehead atoms. The zero-order valence-electron chi connectivity index (χ0n) is 16.1. The molecule has 3 rings (SSSR count). The van der Waals surface area contributed by atoms with E-state index in [-0.39, 0.29) is 11.8 Å². The summed E-state index contributed by atoms with van der Waals surface area (Å²) in [5, 5.41) is 10.0. The Balaban J connectivity index is 1.67. The molecule has 0 fully saturated rings.